The molecule has 1 spiro atoms. The molecule has 27 heavy (non-hydrogen) atoms. The first-order valence-electron chi connectivity index (χ1n) is 10.4. The summed E-state index contributed by atoms with van der Waals surface area (Å²) in [6.07, 6.45) is 10.0. The number of hydrogen-bond donors (Lipinski definition) is 1. The van der Waals surface area contributed by atoms with E-state index < -0.39 is 0 Å². The molecule has 0 radical (unpaired) electrons. The Hall–Kier alpha value is -2.11. The lowest BCUT2D eigenvalue weighted by atomic mass is 9.72. The highest BCUT2D eigenvalue weighted by Crippen LogP contribution is 2.40. The van der Waals surface area contributed by atoms with Crippen molar-refractivity contribution in [2.75, 3.05) is 19.6 Å². The summed E-state index contributed by atoms with van der Waals surface area (Å²) in [7, 11) is 0. The van der Waals surface area contributed by atoms with E-state index in [1.807, 2.05) is 28.0 Å². The van der Waals surface area contributed by atoms with Gasteiger partial charge in [0, 0.05) is 38.3 Å². The number of hydrogen-bond acceptors (Lipinski definition) is 3. The molecule has 4 rings (SSSR count). The second kappa shape index (κ2) is 7.87. The summed E-state index contributed by atoms with van der Waals surface area (Å²) < 4.78 is 0. The number of amides is 3. The Labute approximate surface area is 161 Å². The Balaban J connectivity index is 1.32. The zero-order valence-corrected chi connectivity index (χ0v) is 16.0. The number of urea groups is 1. The predicted octanol–water partition coefficient (Wildman–Crippen LogP) is 2.94. The highest BCUT2D eigenvalue weighted by Gasteiger charge is 2.41. The topological polar surface area (TPSA) is 65.5 Å². The summed E-state index contributed by atoms with van der Waals surface area (Å²) in [5, 5.41) is 3.20. The second-order valence-electron chi connectivity index (χ2n) is 8.49. The minimum atomic E-state index is 0.106. The Morgan fingerprint density at radius 2 is 1.96 bits per heavy atom. The molecular formula is C21H30N4O2. The van der Waals surface area contributed by atoms with E-state index in [0.717, 1.165) is 57.4 Å². The minimum Gasteiger partial charge on any atom is -0.336 e. The average molecular weight is 370 g/mol. The van der Waals surface area contributed by atoms with Crippen LogP contribution in [0.4, 0.5) is 4.79 Å². The van der Waals surface area contributed by atoms with E-state index in [2.05, 4.69) is 10.3 Å². The van der Waals surface area contributed by atoms with Gasteiger partial charge in [0.25, 0.3) is 0 Å². The van der Waals surface area contributed by atoms with Gasteiger partial charge in [0.1, 0.15) is 0 Å². The highest BCUT2D eigenvalue weighted by atomic mass is 16.2. The van der Waals surface area contributed by atoms with Gasteiger partial charge < -0.3 is 15.1 Å². The molecule has 6 nitrogen and oxygen atoms in total. The minimum absolute atomic E-state index is 0.106. The lowest BCUT2D eigenvalue weighted by Gasteiger charge is -2.47. The van der Waals surface area contributed by atoms with Crippen LogP contribution in [0.3, 0.4) is 0 Å². The fourth-order valence-corrected chi connectivity index (χ4v) is 4.86. The van der Waals surface area contributed by atoms with Crippen molar-refractivity contribution in [3.63, 3.8) is 0 Å². The van der Waals surface area contributed by atoms with Crippen LogP contribution < -0.4 is 5.32 Å². The van der Waals surface area contributed by atoms with Gasteiger partial charge in [0.2, 0.25) is 5.91 Å². The molecule has 146 valence electrons. The lowest BCUT2D eigenvalue weighted by molar-refractivity contribution is -0.139. The molecule has 0 unspecified atom stereocenters. The standard InChI is InChI=1S/C21H30N4O2/c26-19-8-9-21(16-25(19)15-18-7-3-4-12-22-18)10-13-24(14-11-21)20(27)23-17-5-1-2-6-17/h3-4,7,12,17H,1-2,5-6,8-11,13-16H2,(H,23,27). The molecule has 1 aromatic heterocycles. The molecule has 1 aliphatic carbocycles. The van der Waals surface area contributed by atoms with Crippen LogP contribution in [-0.2, 0) is 11.3 Å². The van der Waals surface area contributed by atoms with Crippen molar-refractivity contribution < 1.29 is 9.59 Å². The molecule has 3 amide bonds. The van der Waals surface area contributed by atoms with Crippen LogP contribution in [0.15, 0.2) is 24.4 Å². The fraction of sp³-hybridized carbons (Fsp3) is 0.667. The van der Waals surface area contributed by atoms with Crippen LogP contribution in [0, 0.1) is 5.41 Å². The van der Waals surface area contributed by atoms with Crippen LogP contribution in [0.1, 0.15) is 57.1 Å². The Morgan fingerprint density at radius 1 is 1.19 bits per heavy atom. The summed E-state index contributed by atoms with van der Waals surface area (Å²) in [6, 6.07) is 6.32. The van der Waals surface area contributed by atoms with Crippen molar-refractivity contribution in [3.05, 3.63) is 30.1 Å². The molecular weight excluding hydrogens is 340 g/mol. The van der Waals surface area contributed by atoms with Crippen molar-refractivity contribution in [2.24, 2.45) is 5.41 Å². The maximum atomic E-state index is 12.5. The summed E-state index contributed by atoms with van der Waals surface area (Å²) in [4.78, 5) is 33.3. The Kier molecular flexibility index (Phi) is 5.32. The fourth-order valence-electron chi connectivity index (χ4n) is 4.86. The third kappa shape index (κ3) is 4.25. The largest absolute Gasteiger partial charge is 0.336 e. The van der Waals surface area contributed by atoms with Crippen LogP contribution in [-0.4, -0.2) is 52.4 Å². The van der Waals surface area contributed by atoms with Gasteiger partial charge in [-0.3, -0.25) is 9.78 Å². The van der Waals surface area contributed by atoms with Crippen LogP contribution in [0.5, 0.6) is 0 Å². The molecule has 6 heteroatoms. The maximum absolute atomic E-state index is 12.5. The van der Waals surface area contributed by atoms with Gasteiger partial charge in [-0.2, -0.15) is 0 Å². The summed E-state index contributed by atoms with van der Waals surface area (Å²) in [5.41, 5.74) is 1.10. The molecule has 3 aliphatic rings. The van der Waals surface area contributed by atoms with E-state index in [4.69, 9.17) is 0 Å². The number of nitrogens with one attached hydrogen (secondary N) is 1. The molecule has 0 atom stereocenters. The number of nitrogens with zero attached hydrogens (tertiary/aromatic N) is 3. The molecule has 0 aromatic carbocycles. The second-order valence-corrected chi connectivity index (χ2v) is 8.49. The number of aromatic nitrogens is 1. The molecule has 2 saturated heterocycles. The number of likely N-dealkylation sites (tertiary alicyclic amines) is 2. The van der Waals surface area contributed by atoms with Crippen LogP contribution in [0.2, 0.25) is 0 Å². The maximum Gasteiger partial charge on any atom is 0.317 e. The van der Waals surface area contributed by atoms with Gasteiger partial charge in [0.05, 0.1) is 12.2 Å². The quantitative estimate of drug-likeness (QED) is 0.890. The lowest BCUT2D eigenvalue weighted by Crippen LogP contribution is -2.54. The smallest absolute Gasteiger partial charge is 0.317 e. The highest BCUT2D eigenvalue weighted by molar-refractivity contribution is 5.77. The van der Waals surface area contributed by atoms with Gasteiger partial charge in [-0.15, -0.1) is 0 Å². The van der Waals surface area contributed by atoms with E-state index in [-0.39, 0.29) is 17.4 Å². The molecule has 0 bridgehead atoms. The van der Waals surface area contributed by atoms with Gasteiger partial charge in [-0.25, -0.2) is 4.79 Å². The van der Waals surface area contributed by atoms with Crippen molar-refractivity contribution in [3.8, 4) is 0 Å². The van der Waals surface area contributed by atoms with E-state index in [9.17, 15) is 9.59 Å². The first-order chi connectivity index (χ1) is 13.1. The zero-order chi connectivity index (χ0) is 18.7. The van der Waals surface area contributed by atoms with E-state index in [1.165, 1.54) is 12.8 Å². The zero-order valence-electron chi connectivity index (χ0n) is 16.0. The summed E-state index contributed by atoms with van der Waals surface area (Å²) in [6.45, 7) is 2.97. The summed E-state index contributed by atoms with van der Waals surface area (Å²) in [5.74, 6) is 0.229. The van der Waals surface area contributed by atoms with E-state index >= 15 is 0 Å². The third-order valence-corrected chi connectivity index (χ3v) is 6.62. The molecule has 1 N–H and O–H groups in total. The molecule has 3 fully saturated rings. The van der Waals surface area contributed by atoms with E-state index in [1.54, 1.807) is 6.20 Å². The third-order valence-electron chi connectivity index (χ3n) is 6.62. The molecule has 1 saturated carbocycles. The molecule has 1 aromatic rings. The Bertz CT molecular complexity index is 664. The van der Waals surface area contributed by atoms with Gasteiger partial charge >= 0.3 is 6.03 Å². The number of rotatable bonds is 3. The number of pyridine rings is 1. The monoisotopic (exact) mass is 370 g/mol. The van der Waals surface area contributed by atoms with Gasteiger partial charge in [0.15, 0.2) is 0 Å². The van der Waals surface area contributed by atoms with Crippen molar-refractivity contribution in [2.45, 2.75) is 64.0 Å². The van der Waals surface area contributed by atoms with Crippen molar-refractivity contribution in [1.29, 1.82) is 0 Å². The van der Waals surface area contributed by atoms with E-state index in [0.29, 0.717) is 19.0 Å². The SMILES string of the molecule is O=C1CCC2(CCN(C(=O)NC3CCCC3)CC2)CN1Cc1ccccn1. The van der Waals surface area contributed by atoms with Gasteiger partial charge in [-0.05, 0) is 49.7 Å². The van der Waals surface area contributed by atoms with Crippen LogP contribution in [0.25, 0.3) is 0 Å². The average Bonchev–Trinajstić information content (AvgIpc) is 3.19. The summed E-state index contributed by atoms with van der Waals surface area (Å²) >= 11 is 0. The van der Waals surface area contributed by atoms with Crippen molar-refractivity contribution in [1.82, 2.24) is 20.1 Å². The van der Waals surface area contributed by atoms with Crippen LogP contribution >= 0.6 is 0 Å². The number of piperidine rings is 2. The number of carbonyl (C=O) groups excluding carboxylic acids is 2. The first-order valence-corrected chi connectivity index (χ1v) is 10.4. The predicted molar refractivity (Wildman–Crippen MR) is 103 cm³/mol. The number of carbonyl (C=O) groups is 2. The normalized spacial score (nSPS) is 23.0. The van der Waals surface area contributed by atoms with Gasteiger partial charge in [-0.1, -0.05) is 18.9 Å². The first kappa shape index (κ1) is 18.3. The van der Waals surface area contributed by atoms with Crippen molar-refractivity contribution >= 4 is 11.9 Å². The Morgan fingerprint density at radius 3 is 2.67 bits per heavy atom. The molecule has 3 heterocycles. The molecule has 2 aliphatic heterocycles.